The minimum Gasteiger partial charge on any atom is -0.355 e. The number of imidazole rings is 1. The van der Waals surface area contributed by atoms with Gasteiger partial charge >= 0.3 is 0 Å². The molecule has 1 aromatic rings. The number of carbonyl (C=O) groups is 1. The van der Waals surface area contributed by atoms with Gasteiger partial charge in [0, 0.05) is 25.4 Å². The van der Waals surface area contributed by atoms with Crippen LogP contribution in [-0.4, -0.2) is 22.0 Å². The summed E-state index contributed by atoms with van der Waals surface area (Å²) in [5, 5.41) is 2.77. The molecule has 0 atom stereocenters. The lowest BCUT2D eigenvalue weighted by Gasteiger charge is -2.06. The molecule has 1 amide bonds. The second kappa shape index (κ2) is 5.42. The van der Waals surface area contributed by atoms with Crippen LogP contribution in [0.2, 0.25) is 0 Å². The molecular formula is C10H17N3O. The zero-order chi connectivity index (χ0) is 10.4. The highest BCUT2D eigenvalue weighted by Crippen LogP contribution is 2.00. The summed E-state index contributed by atoms with van der Waals surface area (Å²) in [6, 6.07) is 0. The fourth-order valence-corrected chi connectivity index (χ4v) is 1.34. The molecule has 0 bridgehead atoms. The minimum absolute atomic E-state index is 0.0443. The van der Waals surface area contributed by atoms with Crippen LogP contribution in [0, 0.1) is 0 Å². The van der Waals surface area contributed by atoms with Crippen LogP contribution in [0.15, 0.2) is 12.4 Å². The molecule has 1 N–H and O–H groups in total. The van der Waals surface area contributed by atoms with Gasteiger partial charge in [0.2, 0.25) is 5.91 Å². The van der Waals surface area contributed by atoms with Crippen molar-refractivity contribution in [2.45, 2.75) is 33.2 Å². The van der Waals surface area contributed by atoms with Crippen LogP contribution in [0.25, 0.3) is 0 Å². The SMILES string of the molecule is CCCc1nccn1CC(=O)NCC. The zero-order valence-corrected chi connectivity index (χ0v) is 8.79. The first-order chi connectivity index (χ1) is 6.77. The minimum atomic E-state index is 0.0443. The average Bonchev–Trinajstić information content (AvgIpc) is 2.54. The van der Waals surface area contributed by atoms with Crippen molar-refractivity contribution in [3.8, 4) is 0 Å². The maximum Gasteiger partial charge on any atom is 0.239 e. The Kier molecular flexibility index (Phi) is 4.16. The number of likely N-dealkylation sites (N-methyl/N-ethyl adjacent to an activating group) is 1. The summed E-state index contributed by atoms with van der Waals surface area (Å²) in [7, 11) is 0. The van der Waals surface area contributed by atoms with Gasteiger partial charge in [-0.1, -0.05) is 6.92 Å². The molecule has 0 radical (unpaired) electrons. The molecule has 0 unspecified atom stereocenters. The average molecular weight is 195 g/mol. The highest BCUT2D eigenvalue weighted by molar-refractivity contribution is 5.75. The van der Waals surface area contributed by atoms with E-state index in [-0.39, 0.29) is 5.91 Å². The van der Waals surface area contributed by atoms with Crippen molar-refractivity contribution in [1.29, 1.82) is 0 Å². The van der Waals surface area contributed by atoms with E-state index in [1.165, 1.54) is 0 Å². The Bertz CT molecular complexity index is 293. The first-order valence-corrected chi connectivity index (χ1v) is 5.04. The Hall–Kier alpha value is -1.32. The molecule has 14 heavy (non-hydrogen) atoms. The molecular weight excluding hydrogens is 178 g/mol. The van der Waals surface area contributed by atoms with Crippen molar-refractivity contribution in [2.24, 2.45) is 0 Å². The van der Waals surface area contributed by atoms with Crippen molar-refractivity contribution in [3.63, 3.8) is 0 Å². The molecule has 4 heteroatoms. The first-order valence-electron chi connectivity index (χ1n) is 5.04. The van der Waals surface area contributed by atoms with E-state index in [2.05, 4.69) is 17.2 Å². The van der Waals surface area contributed by atoms with Crippen LogP contribution in [0.1, 0.15) is 26.1 Å². The van der Waals surface area contributed by atoms with E-state index in [4.69, 9.17) is 0 Å². The van der Waals surface area contributed by atoms with Crippen molar-refractivity contribution >= 4 is 5.91 Å². The maximum absolute atomic E-state index is 11.3. The molecule has 1 aromatic heterocycles. The molecule has 0 aliphatic heterocycles. The van der Waals surface area contributed by atoms with E-state index < -0.39 is 0 Å². The Labute approximate surface area is 84.3 Å². The number of hydrogen-bond donors (Lipinski definition) is 1. The number of nitrogens with one attached hydrogen (secondary N) is 1. The lowest BCUT2D eigenvalue weighted by molar-refractivity contribution is -0.121. The first kappa shape index (κ1) is 10.8. The lowest BCUT2D eigenvalue weighted by atomic mass is 10.3. The molecule has 78 valence electrons. The Balaban J connectivity index is 2.56. The summed E-state index contributed by atoms with van der Waals surface area (Å²) < 4.78 is 1.90. The Morgan fingerprint density at radius 3 is 3.00 bits per heavy atom. The number of nitrogens with zero attached hydrogens (tertiary/aromatic N) is 2. The zero-order valence-electron chi connectivity index (χ0n) is 8.79. The second-order valence-electron chi connectivity index (χ2n) is 3.17. The van der Waals surface area contributed by atoms with Crippen LogP contribution in [-0.2, 0) is 17.8 Å². The standard InChI is InChI=1S/C10H17N3O/c1-3-5-9-12-6-7-13(9)8-10(14)11-4-2/h6-7H,3-5,8H2,1-2H3,(H,11,14). The maximum atomic E-state index is 11.3. The van der Waals surface area contributed by atoms with Gasteiger partial charge in [0.25, 0.3) is 0 Å². The van der Waals surface area contributed by atoms with Crippen molar-refractivity contribution < 1.29 is 4.79 Å². The molecule has 1 rings (SSSR count). The number of carbonyl (C=O) groups excluding carboxylic acids is 1. The molecule has 0 saturated heterocycles. The van der Waals surface area contributed by atoms with E-state index >= 15 is 0 Å². The van der Waals surface area contributed by atoms with Crippen molar-refractivity contribution in [1.82, 2.24) is 14.9 Å². The summed E-state index contributed by atoms with van der Waals surface area (Å²) in [5.41, 5.74) is 0. The quantitative estimate of drug-likeness (QED) is 0.761. The van der Waals surface area contributed by atoms with Crippen LogP contribution in [0.4, 0.5) is 0 Å². The van der Waals surface area contributed by atoms with Crippen molar-refractivity contribution in [2.75, 3.05) is 6.54 Å². The van der Waals surface area contributed by atoms with Crippen LogP contribution in [0.5, 0.6) is 0 Å². The number of hydrogen-bond acceptors (Lipinski definition) is 2. The largest absolute Gasteiger partial charge is 0.355 e. The molecule has 0 aliphatic carbocycles. The molecule has 0 saturated carbocycles. The number of aromatic nitrogens is 2. The molecule has 0 spiro atoms. The van der Waals surface area contributed by atoms with Crippen LogP contribution >= 0.6 is 0 Å². The summed E-state index contributed by atoms with van der Waals surface area (Å²) in [5.74, 6) is 1.03. The fourth-order valence-electron chi connectivity index (χ4n) is 1.34. The van der Waals surface area contributed by atoms with Gasteiger partial charge in [-0.25, -0.2) is 4.98 Å². The number of amides is 1. The highest BCUT2D eigenvalue weighted by atomic mass is 16.1. The third kappa shape index (κ3) is 2.87. The smallest absolute Gasteiger partial charge is 0.239 e. The van der Waals surface area contributed by atoms with Gasteiger partial charge in [0.05, 0.1) is 0 Å². The van der Waals surface area contributed by atoms with Crippen molar-refractivity contribution in [3.05, 3.63) is 18.2 Å². The van der Waals surface area contributed by atoms with Crippen LogP contribution in [0.3, 0.4) is 0 Å². The van der Waals surface area contributed by atoms with E-state index in [1.54, 1.807) is 6.20 Å². The van der Waals surface area contributed by atoms with Gasteiger partial charge in [0.1, 0.15) is 12.4 Å². The third-order valence-electron chi connectivity index (χ3n) is 1.96. The van der Waals surface area contributed by atoms with Gasteiger partial charge in [-0.05, 0) is 13.3 Å². The predicted molar refractivity (Wildman–Crippen MR) is 54.9 cm³/mol. The summed E-state index contributed by atoms with van der Waals surface area (Å²) in [6.45, 7) is 5.07. The van der Waals surface area contributed by atoms with E-state index in [1.807, 2.05) is 17.7 Å². The highest BCUT2D eigenvalue weighted by Gasteiger charge is 2.05. The lowest BCUT2D eigenvalue weighted by Crippen LogP contribution is -2.27. The van der Waals surface area contributed by atoms with Gasteiger partial charge in [-0.3, -0.25) is 4.79 Å². The van der Waals surface area contributed by atoms with Gasteiger partial charge in [-0.2, -0.15) is 0 Å². The van der Waals surface area contributed by atoms with E-state index in [9.17, 15) is 4.79 Å². The molecule has 0 aliphatic rings. The summed E-state index contributed by atoms with van der Waals surface area (Å²) in [4.78, 5) is 15.5. The van der Waals surface area contributed by atoms with Crippen LogP contribution < -0.4 is 5.32 Å². The van der Waals surface area contributed by atoms with Gasteiger partial charge in [-0.15, -0.1) is 0 Å². The monoisotopic (exact) mass is 195 g/mol. The Morgan fingerprint density at radius 1 is 1.57 bits per heavy atom. The van der Waals surface area contributed by atoms with E-state index in [0.717, 1.165) is 18.7 Å². The van der Waals surface area contributed by atoms with Gasteiger partial charge < -0.3 is 9.88 Å². The predicted octanol–water partition coefficient (Wildman–Crippen LogP) is 0.972. The summed E-state index contributed by atoms with van der Waals surface area (Å²) >= 11 is 0. The third-order valence-corrected chi connectivity index (χ3v) is 1.96. The molecule has 0 aromatic carbocycles. The molecule has 4 nitrogen and oxygen atoms in total. The fraction of sp³-hybridized carbons (Fsp3) is 0.600. The van der Waals surface area contributed by atoms with E-state index in [0.29, 0.717) is 13.1 Å². The molecule has 1 heterocycles. The normalized spacial score (nSPS) is 10.1. The molecule has 0 fully saturated rings. The number of aryl methyl sites for hydroxylation is 1. The van der Waals surface area contributed by atoms with Gasteiger partial charge in [0.15, 0.2) is 0 Å². The Morgan fingerprint density at radius 2 is 2.36 bits per heavy atom. The summed E-state index contributed by atoms with van der Waals surface area (Å²) in [6.07, 6.45) is 5.56. The number of rotatable bonds is 5. The second-order valence-corrected chi connectivity index (χ2v) is 3.17. The topological polar surface area (TPSA) is 46.9 Å².